The molecule has 20 heavy (non-hydrogen) atoms. The highest BCUT2D eigenvalue weighted by Gasteiger charge is 2.26. The lowest BCUT2D eigenvalue weighted by molar-refractivity contribution is -0.140. The van der Waals surface area contributed by atoms with Crippen LogP contribution < -0.4 is 15.8 Å². The number of carbonyl (C=O) groups excluding carboxylic acids is 1. The van der Waals surface area contributed by atoms with Crippen LogP contribution in [0.5, 0.6) is 5.75 Å². The van der Waals surface area contributed by atoms with Gasteiger partial charge in [-0.2, -0.15) is 0 Å². The first-order chi connectivity index (χ1) is 9.51. The first-order valence-electron chi connectivity index (χ1n) is 6.16. The van der Waals surface area contributed by atoms with Gasteiger partial charge < -0.3 is 20.9 Å². The van der Waals surface area contributed by atoms with Gasteiger partial charge in [-0.05, 0) is 18.6 Å². The van der Waals surface area contributed by atoms with Crippen LogP contribution in [0.4, 0.5) is 5.69 Å². The molecule has 106 valence electrons. The van der Waals surface area contributed by atoms with Crippen LogP contribution in [-0.4, -0.2) is 30.1 Å². The molecule has 1 aliphatic rings. The van der Waals surface area contributed by atoms with Gasteiger partial charge in [0.2, 0.25) is 0 Å². The number of ether oxygens (including phenoxy) is 1. The van der Waals surface area contributed by atoms with E-state index >= 15 is 0 Å². The zero-order valence-corrected chi connectivity index (χ0v) is 11.0. The number of nitrogen functional groups attached to an aromatic ring is 1. The number of carboxylic acids is 1. The van der Waals surface area contributed by atoms with Crippen molar-refractivity contribution in [2.24, 2.45) is 5.92 Å². The van der Waals surface area contributed by atoms with Gasteiger partial charge in [0, 0.05) is 17.8 Å². The number of anilines is 1. The highest BCUT2D eigenvalue weighted by molar-refractivity contribution is 5.99. The summed E-state index contributed by atoms with van der Waals surface area (Å²) in [5, 5.41) is 11.6. The number of benzene rings is 1. The number of hydrogen-bond donors (Lipinski definition) is 3. The third-order valence-corrected chi connectivity index (χ3v) is 3.22. The third-order valence-electron chi connectivity index (χ3n) is 3.22. The van der Waals surface area contributed by atoms with Crippen molar-refractivity contribution in [2.45, 2.75) is 12.5 Å². The topological polar surface area (TPSA) is 102 Å². The number of nitrogens with one attached hydrogen (secondary N) is 1. The van der Waals surface area contributed by atoms with Crippen LogP contribution >= 0.6 is 0 Å². The summed E-state index contributed by atoms with van der Waals surface area (Å²) in [7, 11) is 1.52. The Morgan fingerprint density at radius 2 is 2.15 bits per heavy atom. The monoisotopic (exact) mass is 276 g/mol. The van der Waals surface area contributed by atoms with Crippen LogP contribution in [-0.2, 0) is 4.79 Å². The Morgan fingerprint density at radius 1 is 1.40 bits per heavy atom. The fraction of sp³-hybridized carbons (Fsp3) is 0.286. The van der Waals surface area contributed by atoms with Gasteiger partial charge in [0.15, 0.2) is 0 Å². The van der Waals surface area contributed by atoms with E-state index in [1.807, 2.05) is 0 Å². The number of nitrogens with two attached hydrogens (primary N) is 1. The van der Waals surface area contributed by atoms with Crippen molar-refractivity contribution in [3.63, 3.8) is 0 Å². The molecule has 0 aliphatic heterocycles. The fourth-order valence-electron chi connectivity index (χ4n) is 2.11. The molecule has 1 aromatic rings. The lowest BCUT2D eigenvalue weighted by Crippen LogP contribution is -2.33. The molecule has 1 aromatic carbocycles. The molecule has 0 saturated carbocycles. The highest BCUT2D eigenvalue weighted by atomic mass is 16.5. The summed E-state index contributed by atoms with van der Waals surface area (Å²) < 4.78 is 5.02. The molecule has 6 heteroatoms. The molecule has 2 atom stereocenters. The SMILES string of the molecule is COc1ccc(C(=O)NC2C=CC(C(=O)O)C2)c(N)c1. The molecule has 1 aliphatic carbocycles. The van der Waals surface area contributed by atoms with Crippen LogP contribution in [0.25, 0.3) is 0 Å². The fourth-order valence-corrected chi connectivity index (χ4v) is 2.11. The molecule has 0 aromatic heterocycles. The molecule has 0 bridgehead atoms. The predicted molar refractivity (Wildman–Crippen MR) is 73.5 cm³/mol. The minimum Gasteiger partial charge on any atom is -0.497 e. The second kappa shape index (κ2) is 5.64. The Morgan fingerprint density at radius 3 is 2.70 bits per heavy atom. The molecular weight excluding hydrogens is 260 g/mol. The Hall–Kier alpha value is -2.50. The van der Waals surface area contributed by atoms with Crippen LogP contribution in [0.3, 0.4) is 0 Å². The molecule has 6 nitrogen and oxygen atoms in total. The molecule has 0 fully saturated rings. The number of carbonyl (C=O) groups is 2. The van der Waals surface area contributed by atoms with Crippen molar-refractivity contribution in [1.82, 2.24) is 5.32 Å². The number of amides is 1. The van der Waals surface area contributed by atoms with Crippen molar-refractivity contribution in [3.8, 4) is 5.75 Å². The van der Waals surface area contributed by atoms with E-state index in [0.717, 1.165) is 0 Å². The minimum absolute atomic E-state index is 0.287. The van der Waals surface area contributed by atoms with Crippen molar-refractivity contribution >= 4 is 17.6 Å². The third kappa shape index (κ3) is 2.90. The summed E-state index contributed by atoms with van der Waals surface area (Å²) in [5.74, 6) is -1.19. The van der Waals surface area contributed by atoms with Gasteiger partial charge in [0.05, 0.1) is 18.6 Å². The Bertz CT molecular complexity index is 568. The van der Waals surface area contributed by atoms with Gasteiger partial charge in [-0.3, -0.25) is 9.59 Å². The molecule has 0 radical (unpaired) electrons. The summed E-state index contributed by atoms with van der Waals surface area (Å²) in [6, 6.07) is 4.51. The van der Waals surface area contributed by atoms with E-state index in [4.69, 9.17) is 15.6 Å². The zero-order chi connectivity index (χ0) is 14.7. The van der Waals surface area contributed by atoms with E-state index in [-0.39, 0.29) is 11.9 Å². The highest BCUT2D eigenvalue weighted by Crippen LogP contribution is 2.21. The Labute approximate surface area is 116 Å². The van der Waals surface area contributed by atoms with Gasteiger partial charge in [-0.25, -0.2) is 0 Å². The molecule has 2 rings (SSSR count). The average Bonchev–Trinajstić information content (AvgIpc) is 2.87. The largest absolute Gasteiger partial charge is 0.497 e. The van der Waals surface area contributed by atoms with Gasteiger partial charge in [0.25, 0.3) is 5.91 Å². The number of carboxylic acid groups (broad SMARTS) is 1. The van der Waals surface area contributed by atoms with Gasteiger partial charge in [0.1, 0.15) is 5.75 Å². The normalized spacial score (nSPS) is 20.6. The van der Waals surface area contributed by atoms with E-state index in [0.29, 0.717) is 23.4 Å². The molecule has 0 heterocycles. The van der Waals surface area contributed by atoms with Gasteiger partial charge in [-0.1, -0.05) is 12.2 Å². The van der Waals surface area contributed by atoms with Crippen LogP contribution in [0.1, 0.15) is 16.8 Å². The van der Waals surface area contributed by atoms with Crippen LogP contribution in [0.2, 0.25) is 0 Å². The quantitative estimate of drug-likeness (QED) is 0.563. The van der Waals surface area contributed by atoms with Gasteiger partial charge >= 0.3 is 5.97 Å². The van der Waals surface area contributed by atoms with E-state index in [1.165, 1.54) is 7.11 Å². The number of methoxy groups -OCH3 is 1. The predicted octanol–water partition coefficient (Wildman–Crippen LogP) is 1.04. The molecule has 0 saturated heterocycles. The second-order valence-corrected chi connectivity index (χ2v) is 4.60. The van der Waals surface area contributed by atoms with Crippen LogP contribution in [0, 0.1) is 5.92 Å². The molecule has 4 N–H and O–H groups in total. The lowest BCUT2D eigenvalue weighted by Gasteiger charge is -2.13. The van der Waals surface area contributed by atoms with Crippen molar-refractivity contribution < 1.29 is 19.4 Å². The minimum atomic E-state index is -0.887. The lowest BCUT2D eigenvalue weighted by atomic mass is 10.1. The number of aliphatic carboxylic acids is 1. The van der Waals surface area contributed by atoms with Crippen molar-refractivity contribution in [2.75, 3.05) is 12.8 Å². The molecule has 2 unspecified atom stereocenters. The summed E-state index contributed by atoms with van der Waals surface area (Å²) in [6.45, 7) is 0. The van der Waals surface area contributed by atoms with Gasteiger partial charge in [-0.15, -0.1) is 0 Å². The summed E-state index contributed by atoms with van der Waals surface area (Å²) in [4.78, 5) is 22.9. The average molecular weight is 276 g/mol. The maximum Gasteiger partial charge on any atom is 0.310 e. The number of rotatable bonds is 4. The maximum absolute atomic E-state index is 12.1. The molecular formula is C14H16N2O4. The first kappa shape index (κ1) is 13.9. The summed E-state index contributed by atoms with van der Waals surface area (Å²) in [6.07, 6.45) is 3.64. The van der Waals surface area contributed by atoms with Crippen LogP contribution in [0.15, 0.2) is 30.4 Å². The van der Waals surface area contributed by atoms with E-state index < -0.39 is 11.9 Å². The first-order valence-corrected chi connectivity index (χ1v) is 6.16. The van der Waals surface area contributed by atoms with E-state index in [2.05, 4.69) is 5.32 Å². The van der Waals surface area contributed by atoms with E-state index in [9.17, 15) is 9.59 Å². The maximum atomic E-state index is 12.1. The second-order valence-electron chi connectivity index (χ2n) is 4.60. The summed E-state index contributed by atoms with van der Waals surface area (Å²) in [5.41, 5.74) is 6.46. The zero-order valence-electron chi connectivity index (χ0n) is 11.0. The number of hydrogen-bond acceptors (Lipinski definition) is 4. The summed E-state index contributed by atoms with van der Waals surface area (Å²) >= 11 is 0. The smallest absolute Gasteiger partial charge is 0.310 e. The molecule has 0 spiro atoms. The standard InChI is InChI=1S/C14H16N2O4/c1-20-10-4-5-11(12(15)7-10)13(17)16-9-3-2-8(6-9)14(18)19/h2-5,7-9H,6,15H2,1H3,(H,16,17)(H,18,19). The Balaban J connectivity index is 2.03. The Kier molecular flexibility index (Phi) is 3.93. The molecule has 1 amide bonds. The van der Waals surface area contributed by atoms with Crippen molar-refractivity contribution in [1.29, 1.82) is 0 Å². The van der Waals surface area contributed by atoms with Crippen molar-refractivity contribution in [3.05, 3.63) is 35.9 Å². The van der Waals surface area contributed by atoms with E-state index in [1.54, 1.807) is 30.4 Å².